The second-order valence-corrected chi connectivity index (χ2v) is 11.8. The van der Waals surface area contributed by atoms with Crippen molar-refractivity contribution in [2.75, 3.05) is 13.2 Å². The highest BCUT2D eigenvalue weighted by atomic mass is 28.4. The maximum absolute atomic E-state index is 11.6. The van der Waals surface area contributed by atoms with E-state index in [1.54, 1.807) is 0 Å². The van der Waals surface area contributed by atoms with Gasteiger partial charge in [-0.1, -0.05) is 88.4 Å². The number of hydrogen-bond acceptors (Lipinski definition) is 3. The summed E-state index contributed by atoms with van der Waals surface area (Å²) in [7, 11) is -2.53. The molecule has 26 heavy (non-hydrogen) atoms. The first-order valence-corrected chi connectivity index (χ1v) is 11.2. The van der Waals surface area contributed by atoms with Crippen molar-refractivity contribution in [1.82, 2.24) is 0 Å². The second kappa shape index (κ2) is 9.15. The van der Waals surface area contributed by atoms with Crippen molar-refractivity contribution in [3.8, 4) is 0 Å². The van der Waals surface area contributed by atoms with E-state index in [0.717, 1.165) is 6.42 Å². The normalized spacial score (nSPS) is 12.0. The third-order valence-corrected chi connectivity index (χ3v) is 9.58. The minimum atomic E-state index is -2.53. The average molecular weight is 371 g/mol. The molecule has 0 aromatic heterocycles. The van der Waals surface area contributed by atoms with Gasteiger partial charge in [0.15, 0.2) is 0 Å². The monoisotopic (exact) mass is 370 g/mol. The molecule has 0 spiro atoms. The average Bonchev–Trinajstić information content (AvgIpc) is 2.62. The van der Waals surface area contributed by atoms with Crippen molar-refractivity contribution >= 4 is 24.7 Å². The van der Waals surface area contributed by atoms with Crippen LogP contribution in [0.5, 0.6) is 0 Å². The van der Waals surface area contributed by atoms with Gasteiger partial charge in [-0.05, 0) is 21.8 Å². The van der Waals surface area contributed by atoms with Gasteiger partial charge in [-0.2, -0.15) is 0 Å². The number of carbonyl (C=O) groups excluding carboxylic acids is 1. The Morgan fingerprint density at radius 3 is 1.81 bits per heavy atom. The maximum Gasteiger partial charge on any atom is 0.305 e. The maximum atomic E-state index is 11.6. The fourth-order valence-corrected chi connectivity index (χ4v) is 7.93. The highest BCUT2D eigenvalue weighted by molar-refractivity contribution is 6.99. The predicted octanol–water partition coefficient (Wildman–Crippen LogP) is 3.91. The van der Waals surface area contributed by atoms with Gasteiger partial charge in [0, 0.05) is 6.42 Å². The molecular weight excluding hydrogens is 340 g/mol. The van der Waals surface area contributed by atoms with Gasteiger partial charge in [-0.15, -0.1) is 0 Å². The van der Waals surface area contributed by atoms with Crippen LogP contribution in [0.4, 0.5) is 0 Å². The van der Waals surface area contributed by atoms with Gasteiger partial charge in [-0.25, -0.2) is 0 Å². The van der Waals surface area contributed by atoms with Crippen LogP contribution in [0, 0.1) is 0 Å². The molecule has 0 bridgehead atoms. The Morgan fingerprint density at radius 2 is 1.38 bits per heavy atom. The third-order valence-electron chi connectivity index (χ3n) is 4.54. The van der Waals surface area contributed by atoms with Gasteiger partial charge >= 0.3 is 5.97 Å². The van der Waals surface area contributed by atoms with Gasteiger partial charge in [-0.3, -0.25) is 4.79 Å². The van der Waals surface area contributed by atoms with E-state index in [9.17, 15) is 4.79 Å². The summed E-state index contributed by atoms with van der Waals surface area (Å²) < 4.78 is 12.0. The molecule has 0 aliphatic heterocycles. The molecule has 0 saturated heterocycles. The zero-order chi connectivity index (χ0) is 19.0. The van der Waals surface area contributed by atoms with E-state index in [4.69, 9.17) is 9.16 Å². The van der Waals surface area contributed by atoms with Crippen LogP contribution in [0.3, 0.4) is 0 Å². The first-order chi connectivity index (χ1) is 12.4. The first kappa shape index (κ1) is 20.4. The Kier molecular flexibility index (Phi) is 7.18. The summed E-state index contributed by atoms with van der Waals surface area (Å²) >= 11 is 0. The van der Waals surface area contributed by atoms with E-state index in [1.807, 2.05) is 19.1 Å². The fraction of sp³-hybridized carbons (Fsp3) is 0.409. The molecule has 140 valence electrons. The minimum Gasteiger partial charge on any atom is -0.463 e. The number of esters is 1. The number of rotatable bonds is 8. The van der Waals surface area contributed by atoms with Crippen LogP contribution in [0.1, 0.15) is 40.5 Å². The lowest BCUT2D eigenvalue weighted by Crippen LogP contribution is -2.66. The number of hydrogen-bond donors (Lipinski definition) is 0. The third kappa shape index (κ3) is 4.62. The molecule has 0 radical (unpaired) electrons. The summed E-state index contributed by atoms with van der Waals surface area (Å²) in [6.07, 6.45) is 1.26. The quantitative estimate of drug-likeness (QED) is 0.401. The van der Waals surface area contributed by atoms with Crippen LogP contribution in [0.15, 0.2) is 60.7 Å². The van der Waals surface area contributed by atoms with Gasteiger partial charge < -0.3 is 9.16 Å². The molecule has 0 unspecified atom stereocenters. The van der Waals surface area contributed by atoms with Gasteiger partial charge in [0.05, 0.1) is 6.61 Å². The van der Waals surface area contributed by atoms with Crippen LogP contribution in [-0.2, 0) is 14.0 Å². The van der Waals surface area contributed by atoms with Crippen LogP contribution >= 0.6 is 0 Å². The number of ether oxygens (including phenoxy) is 1. The first-order valence-electron chi connectivity index (χ1n) is 9.32. The lowest BCUT2D eigenvalue weighted by atomic mass is 10.2. The Balaban J connectivity index is 2.33. The van der Waals surface area contributed by atoms with Crippen LogP contribution in [0.25, 0.3) is 0 Å². The zero-order valence-electron chi connectivity index (χ0n) is 16.3. The lowest BCUT2D eigenvalue weighted by molar-refractivity contribution is -0.144. The highest BCUT2D eigenvalue weighted by Crippen LogP contribution is 2.36. The van der Waals surface area contributed by atoms with Crippen LogP contribution < -0.4 is 10.4 Å². The molecular formula is C22H30O3Si. The van der Waals surface area contributed by atoms with Crippen molar-refractivity contribution < 1.29 is 14.0 Å². The molecule has 4 heteroatoms. The number of benzene rings is 2. The molecule has 0 heterocycles. The minimum absolute atomic E-state index is 0.0663. The van der Waals surface area contributed by atoms with E-state index in [1.165, 1.54) is 10.4 Å². The largest absolute Gasteiger partial charge is 0.463 e. The highest BCUT2D eigenvalue weighted by Gasteiger charge is 2.50. The van der Waals surface area contributed by atoms with Crippen molar-refractivity contribution in [3.63, 3.8) is 0 Å². The van der Waals surface area contributed by atoms with Crippen molar-refractivity contribution in [2.45, 2.75) is 45.6 Å². The molecule has 0 fully saturated rings. The predicted molar refractivity (Wildman–Crippen MR) is 109 cm³/mol. The summed E-state index contributed by atoms with van der Waals surface area (Å²) in [5.74, 6) is -0.154. The fourth-order valence-electron chi connectivity index (χ4n) is 3.39. The molecule has 2 aromatic rings. The molecule has 0 atom stereocenters. The zero-order valence-corrected chi connectivity index (χ0v) is 17.3. The van der Waals surface area contributed by atoms with Crippen molar-refractivity contribution in [1.29, 1.82) is 0 Å². The Morgan fingerprint density at radius 1 is 0.885 bits per heavy atom. The summed E-state index contributed by atoms with van der Waals surface area (Å²) in [5.41, 5.74) is 0. The summed E-state index contributed by atoms with van der Waals surface area (Å²) in [6.45, 7) is 9.39. The standard InChI is InChI=1S/C22H30O3Si/c1-5-12-21(23)24-17-18-25-26(22(2,3)4,19-13-8-6-9-14-19)20-15-10-7-11-16-20/h6-11,13-16H,5,12,17-18H2,1-4H3. The van der Waals surface area contributed by atoms with Gasteiger partial charge in [0.25, 0.3) is 8.32 Å². The topological polar surface area (TPSA) is 35.5 Å². The molecule has 0 amide bonds. The molecule has 0 N–H and O–H groups in total. The van der Waals surface area contributed by atoms with Crippen molar-refractivity contribution in [2.24, 2.45) is 0 Å². The molecule has 0 aliphatic rings. The lowest BCUT2D eigenvalue weighted by Gasteiger charge is -2.43. The second-order valence-electron chi connectivity index (χ2n) is 7.48. The Bertz CT molecular complexity index is 638. The SMILES string of the molecule is CCCC(=O)OCCO[Si](c1ccccc1)(c1ccccc1)C(C)(C)C. The summed E-state index contributed by atoms with van der Waals surface area (Å²) in [6, 6.07) is 21.0. The molecule has 3 nitrogen and oxygen atoms in total. The van der Waals surface area contributed by atoms with Gasteiger partial charge in [0.2, 0.25) is 0 Å². The Hall–Kier alpha value is -1.91. The molecule has 2 rings (SSSR count). The van der Waals surface area contributed by atoms with Gasteiger partial charge in [0.1, 0.15) is 6.61 Å². The van der Waals surface area contributed by atoms with E-state index in [0.29, 0.717) is 19.6 Å². The smallest absolute Gasteiger partial charge is 0.305 e. The van der Waals surface area contributed by atoms with E-state index >= 15 is 0 Å². The summed E-state index contributed by atoms with van der Waals surface area (Å²) in [4.78, 5) is 11.6. The van der Waals surface area contributed by atoms with Crippen LogP contribution in [-0.4, -0.2) is 27.5 Å². The number of carbonyl (C=O) groups is 1. The van der Waals surface area contributed by atoms with E-state index in [-0.39, 0.29) is 11.0 Å². The summed E-state index contributed by atoms with van der Waals surface area (Å²) in [5, 5.41) is 2.40. The molecule has 0 saturated carbocycles. The van der Waals surface area contributed by atoms with Crippen LogP contribution in [0.2, 0.25) is 5.04 Å². The van der Waals surface area contributed by atoms with Crippen molar-refractivity contribution in [3.05, 3.63) is 60.7 Å². The molecule has 2 aromatic carbocycles. The molecule has 0 aliphatic carbocycles. The van der Waals surface area contributed by atoms with E-state index in [2.05, 4.69) is 69.3 Å². The van der Waals surface area contributed by atoms with E-state index < -0.39 is 8.32 Å². The Labute approximate surface area is 158 Å².